The molecule has 0 spiro atoms. The van der Waals surface area contributed by atoms with Gasteiger partial charge in [-0.15, -0.1) is 0 Å². The smallest absolute Gasteiger partial charge is 0.170 e. The molecule has 0 saturated carbocycles. The van der Waals surface area contributed by atoms with Crippen LogP contribution in [0.1, 0.15) is 38.3 Å². The molecule has 0 aliphatic carbocycles. The summed E-state index contributed by atoms with van der Waals surface area (Å²) in [6, 6.07) is 22.6. The van der Waals surface area contributed by atoms with Crippen molar-refractivity contribution in [2.45, 2.75) is 38.6 Å². The topological polar surface area (TPSA) is 3.01 Å². The highest BCUT2D eigenvalue weighted by molar-refractivity contribution is 5.97. The third-order valence-electron chi connectivity index (χ3n) is 5.16. The minimum Gasteiger partial charge on any atom is -0.236 e. The lowest BCUT2D eigenvalue weighted by Crippen LogP contribution is -2.39. The van der Waals surface area contributed by atoms with Gasteiger partial charge in [-0.1, -0.05) is 74.5 Å². The molecule has 114 valence electrons. The molecule has 1 aliphatic rings. The van der Waals surface area contributed by atoms with Crippen molar-refractivity contribution in [3.63, 3.8) is 0 Å². The van der Waals surface area contributed by atoms with Crippen molar-refractivity contribution in [2.24, 2.45) is 5.92 Å². The summed E-state index contributed by atoms with van der Waals surface area (Å²) in [5.74, 6) is 0.523. The first-order valence-corrected chi connectivity index (χ1v) is 8.28. The van der Waals surface area contributed by atoms with Gasteiger partial charge in [0.05, 0.1) is 0 Å². The van der Waals surface area contributed by atoms with Crippen LogP contribution in [0.25, 0.3) is 0 Å². The van der Waals surface area contributed by atoms with E-state index >= 15 is 0 Å². The molecule has 0 N–H and O–H groups in total. The van der Waals surface area contributed by atoms with E-state index in [1.807, 2.05) is 0 Å². The Morgan fingerprint density at radius 1 is 0.909 bits per heavy atom. The number of benzene rings is 2. The maximum atomic E-state index is 2.50. The van der Waals surface area contributed by atoms with E-state index in [4.69, 9.17) is 0 Å². The van der Waals surface area contributed by atoms with E-state index in [9.17, 15) is 0 Å². The Balaban J connectivity index is 2.31. The molecule has 1 nitrogen and oxygen atoms in total. The first-order valence-electron chi connectivity index (χ1n) is 8.28. The normalized spacial score (nSPS) is 20.7. The second-order valence-corrected chi connectivity index (χ2v) is 6.84. The highest BCUT2D eigenvalue weighted by Gasteiger charge is 2.53. The van der Waals surface area contributed by atoms with Crippen LogP contribution in [0.15, 0.2) is 60.7 Å². The highest BCUT2D eigenvalue weighted by Crippen LogP contribution is 2.44. The van der Waals surface area contributed by atoms with E-state index < -0.39 is 0 Å². The van der Waals surface area contributed by atoms with Crippen LogP contribution in [-0.4, -0.2) is 23.4 Å². The Labute approximate surface area is 134 Å². The fourth-order valence-corrected chi connectivity index (χ4v) is 4.27. The Hall–Kier alpha value is -1.89. The fraction of sp³-hybridized carbons (Fsp3) is 0.381. The van der Waals surface area contributed by atoms with E-state index in [1.54, 1.807) is 0 Å². The van der Waals surface area contributed by atoms with Gasteiger partial charge in [0.2, 0.25) is 0 Å². The van der Waals surface area contributed by atoms with Gasteiger partial charge in [-0.05, 0) is 18.1 Å². The summed E-state index contributed by atoms with van der Waals surface area (Å²) in [5.41, 5.74) is 4.38. The van der Waals surface area contributed by atoms with Crippen molar-refractivity contribution in [3.05, 3.63) is 71.8 Å². The van der Waals surface area contributed by atoms with E-state index in [0.717, 1.165) is 6.42 Å². The molecular weight excluding hydrogens is 266 g/mol. The Bertz CT molecular complexity index is 628. The Kier molecular flexibility index (Phi) is 3.90. The Morgan fingerprint density at radius 2 is 1.36 bits per heavy atom. The molecule has 0 radical (unpaired) electrons. The molecule has 1 heterocycles. The van der Waals surface area contributed by atoms with Crippen molar-refractivity contribution in [1.82, 2.24) is 0 Å². The molecule has 0 aromatic heterocycles. The van der Waals surface area contributed by atoms with Crippen LogP contribution in [0, 0.1) is 5.92 Å². The van der Waals surface area contributed by atoms with Crippen LogP contribution >= 0.6 is 0 Å². The van der Waals surface area contributed by atoms with Crippen LogP contribution in [0.3, 0.4) is 0 Å². The van der Waals surface area contributed by atoms with E-state index in [0.29, 0.717) is 12.0 Å². The second-order valence-electron chi connectivity index (χ2n) is 6.84. The summed E-state index contributed by atoms with van der Waals surface area (Å²) in [7, 11) is 2.26. The summed E-state index contributed by atoms with van der Waals surface area (Å²) in [4.78, 5) is 0. The number of hydrogen-bond acceptors (Lipinski definition) is 0. The molecule has 1 heteroatoms. The van der Waals surface area contributed by atoms with Crippen molar-refractivity contribution < 1.29 is 4.58 Å². The molecule has 2 aromatic rings. The molecule has 1 aliphatic heterocycles. The van der Waals surface area contributed by atoms with Crippen LogP contribution in [0.5, 0.6) is 0 Å². The summed E-state index contributed by atoms with van der Waals surface area (Å²) in [5, 5.41) is 0. The SMILES string of the molecule is CC(C)C1=[N+](C)[C@@H](C)CC1(c1ccccc1)c1ccccc1. The Morgan fingerprint density at radius 3 is 1.77 bits per heavy atom. The molecule has 22 heavy (non-hydrogen) atoms. The fourth-order valence-electron chi connectivity index (χ4n) is 4.27. The van der Waals surface area contributed by atoms with Crippen LogP contribution in [0.4, 0.5) is 0 Å². The average Bonchev–Trinajstić information content (AvgIpc) is 2.82. The lowest BCUT2D eigenvalue weighted by Gasteiger charge is -2.30. The van der Waals surface area contributed by atoms with Gasteiger partial charge < -0.3 is 0 Å². The predicted octanol–water partition coefficient (Wildman–Crippen LogP) is 4.50. The summed E-state index contributed by atoms with van der Waals surface area (Å²) >= 11 is 0. The second kappa shape index (κ2) is 5.72. The number of rotatable bonds is 3. The predicted molar refractivity (Wildman–Crippen MR) is 93.8 cm³/mol. The van der Waals surface area contributed by atoms with E-state index in [-0.39, 0.29) is 5.41 Å². The lowest BCUT2D eigenvalue weighted by atomic mass is 9.67. The van der Waals surface area contributed by atoms with Crippen LogP contribution in [0.2, 0.25) is 0 Å². The number of hydrogen-bond donors (Lipinski definition) is 0. The van der Waals surface area contributed by atoms with Crippen LogP contribution in [-0.2, 0) is 5.41 Å². The molecule has 3 rings (SSSR count). The van der Waals surface area contributed by atoms with E-state index in [1.165, 1.54) is 16.8 Å². The van der Waals surface area contributed by atoms with Gasteiger partial charge in [0.15, 0.2) is 11.8 Å². The lowest BCUT2D eigenvalue weighted by molar-refractivity contribution is -0.527. The zero-order valence-electron chi connectivity index (χ0n) is 14.1. The third kappa shape index (κ3) is 2.20. The maximum absolute atomic E-state index is 2.50. The van der Waals surface area contributed by atoms with Crippen molar-refractivity contribution in [2.75, 3.05) is 7.05 Å². The number of nitrogens with zero attached hydrogens (tertiary/aromatic N) is 1. The highest BCUT2D eigenvalue weighted by atomic mass is 15.1. The molecule has 0 unspecified atom stereocenters. The maximum Gasteiger partial charge on any atom is 0.170 e. The first-order chi connectivity index (χ1) is 10.6. The van der Waals surface area contributed by atoms with Gasteiger partial charge >= 0.3 is 0 Å². The van der Waals surface area contributed by atoms with Gasteiger partial charge in [0.1, 0.15) is 12.5 Å². The van der Waals surface area contributed by atoms with Gasteiger partial charge in [0, 0.05) is 12.3 Å². The van der Waals surface area contributed by atoms with Gasteiger partial charge in [0.25, 0.3) is 0 Å². The first kappa shape index (κ1) is 15.0. The van der Waals surface area contributed by atoms with Crippen LogP contribution < -0.4 is 0 Å². The standard InChI is InChI=1S/C21H26N/c1-16(2)20-21(15-17(3)22(20)4,18-11-7-5-8-12-18)19-13-9-6-10-14-19/h5-14,16-17H,15H2,1-4H3/q+1/t17-/m0/s1. The van der Waals surface area contributed by atoms with Crippen molar-refractivity contribution in [3.8, 4) is 0 Å². The molecule has 1 atom stereocenters. The quantitative estimate of drug-likeness (QED) is 0.733. The molecule has 2 aromatic carbocycles. The van der Waals surface area contributed by atoms with Crippen molar-refractivity contribution in [1.29, 1.82) is 0 Å². The zero-order chi connectivity index (χ0) is 15.7. The third-order valence-corrected chi connectivity index (χ3v) is 5.16. The molecule has 0 saturated heterocycles. The molecule has 0 bridgehead atoms. The largest absolute Gasteiger partial charge is 0.236 e. The average molecular weight is 292 g/mol. The zero-order valence-corrected chi connectivity index (χ0v) is 14.1. The summed E-state index contributed by atoms with van der Waals surface area (Å²) in [6.45, 7) is 6.99. The summed E-state index contributed by atoms with van der Waals surface area (Å²) in [6.07, 6.45) is 1.14. The van der Waals surface area contributed by atoms with E-state index in [2.05, 4.69) is 93.1 Å². The molecular formula is C21H26N+. The van der Waals surface area contributed by atoms with Gasteiger partial charge in [-0.2, -0.15) is 0 Å². The summed E-state index contributed by atoms with van der Waals surface area (Å²) < 4.78 is 2.50. The minimum atomic E-state index is 0.00481. The minimum absolute atomic E-state index is 0.00481. The van der Waals surface area contributed by atoms with Gasteiger partial charge in [-0.25, -0.2) is 4.58 Å². The van der Waals surface area contributed by atoms with Gasteiger partial charge in [-0.3, -0.25) is 0 Å². The molecule has 0 amide bonds. The van der Waals surface area contributed by atoms with Crippen molar-refractivity contribution >= 4 is 5.71 Å². The molecule has 0 fully saturated rings. The monoisotopic (exact) mass is 292 g/mol.